The van der Waals surface area contributed by atoms with Crippen LogP contribution in [0.3, 0.4) is 0 Å². The fourth-order valence-corrected chi connectivity index (χ4v) is 2.38. The number of hydrogen-bond donors (Lipinski definition) is 0. The first kappa shape index (κ1) is 15.0. The van der Waals surface area contributed by atoms with E-state index >= 15 is 0 Å². The summed E-state index contributed by atoms with van der Waals surface area (Å²) in [5.41, 5.74) is 0.422. The lowest BCUT2D eigenvalue weighted by Crippen LogP contribution is -2.41. The fourth-order valence-electron chi connectivity index (χ4n) is 2.38. The molecule has 1 fully saturated rings. The average Bonchev–Trinajstić information content (AvgIpc) is 2.18. The summed E-state index contributed by atoms with van der Waals surface area (Å²) < 4.78 is 5.95. The summed E-state index contributed by atoms with van der Waals surface area (Å²) in [4.78, 5) is 2.59. The monoisotopic (exact) mass is 241 g/mol. The Morgan fingerprint density at radius 1 is 1.18 bits per heavy atom. The third-order valence-corrected chi connectivity index (χ3v) is 3.28. The minimum Gasteiger partial charge on any atom is -0.378 e. The van der Waals surface area contributed by atoms with Crippen LogP contribution >= 0.6 is 0 Å². The Labute approximate surface area is 108 Å². The molecule has 102 valence electrons. The lowest BCUT2D eigenvalue weighted by atomic mass is 9.94. The molecule has 0 aromatic rings. The van der Waals surface area contributed by atoms with Gasteiger partial charge in [0.2, 0.25) is 0 Å². The van der Waals surface area contributed by atoms with E-state index in [9.17, 15) is 0 Å². The minimum absolute atomic E-state index is 0.422. The van der Waals surface area contributed by atoms with E-state index in [-0.39, 0.29) is 0 Å². The van der Waals surface area contributed by atoms with Crippen molar-refractivity contribution in [3.05, 3.63) is 0 Å². The largest absolute Gasteiger partial charge is 0.378 e. The van der Waals surface area contributed by atoms with Gasteiger partial charge in [0, 0.05) is 26.2 Å². The molecule has 1 aliphatic rings. The summed E-state index contributed by atoms with van der Waals surface area (Å²) in [5.74, 6) is 0.760. The summed E-state index contributed by atoms with van der Waals surface area (Å²) >= 11 is 0. The fraction of sp³-hybridized carbons (Fsp3) is 1.00. The third-order valence-electron chi connectivity index (χ3n) is 3.28. The van der Waals surface area contributed by atoms with Crippen LogP contribution in [-0.2, 0) is 4.74 Å². The maximum Gasteiger partial charge on any atom is 0.0599 e. The third kappa shape index (κ3) is 7.05. The van der Waals surface area contributed by atoms with Crippen molar-refractivity contribution < 1.29 is 4.74 Å². The van der Waals surface area contributed by atoms with Crippen molar-refractivity contribution in [1.82, 2.24) is 4.90 Å². The van der Waals surface area contributed by atoms with Gasteiger partial charge in [0.05, 0.1) is 6.10 Å². The van der Waals surface area contributed by atoms with E-state index in [4.69, 9.17) is 4.74 Å². The molecule has 1 heterocycles. The van der Waals surface area contributed by atoms with E-state index in [0.717, 1.165) is 12.5 Å². The van der Waals surface area contributed by atoms with Gasteiger partial charge >= 0.3 is 0 Å². The van der Waals surface area contributed by atoms with Gasteiger partial charge in [0.25, 0.3) is 0 Å². The Morgan fingerprint density at radius 2 is 1.76 bits per heavy atom. The van der Waals surface area contributed by atoms with Crippen LogP contribution in [-0.4, -0.2) is 37.2 Å². The van der Waals surface area contributed by atoms with Crippen molar-refractivity contribution >= 4 is 0 Å². The van der Waals surface area contributed by atoms with Crippen LogP contribution in [0.2, 0.25) is 0 Å². The molecule has 2 nitrogen and oxygen atoms in total. The zero-order chi connectivity index (χ0) is 12.9. The number of likely N-dealkylation sites (tertiary alicyclic amines) is 1. The molecule has 1 aliphatic heterocycles. The van der Waals surface area contributed by atoms with E-state index in [0.29, 0.717) is 11.5 Å². The van der Waals surface area contributed by atoms with Gasteiger partial charge in [-0.2, -0.15) is 0 Å². The molecule has 1 rings (SSSR count). The summed E-state index contributed by atoms with van der Waals surface area (Å²) in [5, 5.41) is 0. The number of rotatable bonds is 5. The normalized spacial score (nSPS) is 20.1. The topological polar surface area (TPSA) is 12.5 Å². The van der Waals surface area contributed by atoms with Crippen molar-refractivity contribution in [1.29, 1.82) is 0 Å². The van der Waals surface area contributed by atoms with E-state index in [1.54, 1.807) is 0 Å². The first-order valence-corrected chi connectivity index (χ1v) is 7.21. The molecule has 0 aromatic carbocycles. The first-order chi connectivity index (χ1) is 7.87. The Morgan fingerprint density at radius 3 is 2.24 bits per heavy atom. The molecule has 0 bridgehead atoms. The summed E-state index contributed by atoms with van der Waals surface area (Å²) in [7, 11) is 0. The van der Waals surface area contributed by atoms with Gasteiger partial charge in [-0.1, -0.05) is 34.6 Å². The van der Waals surface area contributed by atoms with Crippen LogP contribution < -0.4 is 0 Å². The zero-order valence-electron chi connectivity index (χ0n) is 12.5. The van der Waals surface area contributed by atoms with E-state index in [1.165, 1.54) is 38.9 Å². The molecule has 0 unspecified atom stereocenters. The highest BCUT2D eigenvalue weighted by atomic mass is 16.5. The van der Waals surface area contributed by atoms with Crippen LogP contribution in [0.25, 0.3) is 0 Å². The summed E-state index contributed by atoms with van der Waals surface area (Å²) in [6.07, 6.45) is 4.15. The van der Waals surface area contributed by atoms with E-state index < -0.39 is 0 Å². The van der Waals surface area contributed by atoms with Gasteiger partial charge < -0.3 is 9.64 Å². The van der Waals surface area contributed by atoms with Crippen LogP contribution in [0, 0.1) is 11.3 Å². The van der Waals surface area contributed by atoms with Crippen LogP contribution in [0.1, 0.15) is 53.9 Å². The smallest absolute Gasteiger partial charge is 0.0599 e. The highest BCUT2D eigenvalue weighted by Crippen LogP contribution is 2.20. The van der Waals surface area contributed by atoms with Gasteiger partial charge in [-0.25, -0.2) is 0 Å². The Bertz CT molecular complexity index is 199. The number of hydrogen-bond acceptors (Lipinski definition) is 2. The molecule has 0 N–H and O–H groups in total. The first-order valence-electron chi connectivity index (χ1n) is 7.21. The number of nitrogens with zero attached hydrogens (tertiary/aromatic N) is 1. The van der Waals surface area contributed by atoms with E-state index in [2.05, 4.69) is 39.5 Å². The van der Waals surface area contributed by atoms with Gasteiger partial charge in [0.15, 0.2) is 0 Å². The molecule has 0 radical (unpaired) electrons. The van der Waals surface area contributed by atoms with Crippen molar-refractivity contribution in [2.45, 2.75) is 60.0 Å². The van der Waals surface area contributed by atoms with Crippen molar-refractivity contribution in [3.63, 3.8) is 0 Å². The van der Waals surface area contributed by atoms with Crippen LogP contribution in [0.4, 0.5) is 0 Å². The second kappa shape index (κ2) is 6.75. The standard InChI is InChI=1S/C15H31NO/c1-13(2)8-11-17-14-6-9-16(10-7-14)12-15(3,4)5/h13-14H,6-12H2,1-5H3. The minimum atomic E-state index is 0.422. The highest BCUT2D eigenvalue weighted by molar-refractivity contribution is 4.76. The maximum absolute atomic E-state index is 5.95. The highest BCUT2D eigenvalue weighted by Gasteiger charge is 2.23. The predicted molar refractivity (Wildman–Crippen MR) is 74.3 cm³/mol. The SMILES string of the molecule is CC(C)CCOC1CCN(CC(C)(C)C)CC1. The van der Waals surface area contributed by atoms with Gasteiger partial charge in [0.1, 0.15) is 0 Å². The van der Waals surface area contributed by atoms with Gasteiger partial charge in [-0.05, 0) is 30.6 Å². The second-order valence-corrected chi connectivity index (χ2v) is 7.09. The molecule has 0 atom stereocenters. The van der Waals surface area contributed by atoms with Gasteiger partial charge in [-0.3, -0.25) is 0 Å². The molecule has 0 spiro atoms. The Kier molecular flexibility index (Phi) is 5.94. The van der Waals surface area contributed by atoms with Crippen LogP contribution in [0.5, 0.6) is 0 Å². The van der Waals surface area contributed by atoms with Crippen molar-refractivity contribution in [2.75, 3.05) is 26.2 Å². The maximum atomic E-state index is 5.95. The molecule has 0 saturated carbocycles. The number of piperidine rings is 1. The van der Waals surface area contributed by atoms with Crippen molar-refractivity contribution in [3.8, 4) is 0 Å². The van der Waals surface area contributed by atoms with Gasteiger partial charge in [-0.15, -0.1) is 0 Å². The van der Waals surface area contributed by atoms with E-state index in [1.807, 2.05) is 0 Å². The molecule has 0 amide bonds. The molecule has 17 heavy (non-hydrogen) atoms. The number of ether oxygens (including phenoxy) is 1. The summed E-state index contributed by atoms with van der Waals surface area (Å²) in [6.45, 7) is 16.1. The Hall–Kier alpha value is -0.0800. The Balaban J connectivity index is 2.13. The summed E-state index contributed by atoms with van der Waals surface area (Å²) in [6, 6.07) is 0. The second-order valence-electron chi connectivity index (χ2n) is 7.09. The lowest BCUT2D eigenvalue weighted by molar-refractivity contribution is -0.00233. The molecular formula is C15H31NO. The molecule has 0 aliphatic carbocycles. The molecular weight excluding hydrogens is 210 g/mol. The average molecular weight is 241 g/mol. The lowest BCUT2D eigenvalue weighted by Gasteiger charge is -2.35. The van der Waals surface area contributed by atoms with Crippen LogP contribution in [0.15, 0.2) is 0 Å². The predicted octanol–water partition coefficient (Wildman–Crippen LogP) is 3.56. The zero-order valence-corrected chi connectivity index (χ0v) is 12.5. The quantitative estimate of drug-likeness (QED) is 0.730. The van der Waals surface area contributed by atoms with Crippen molar-refractivity contribution in [2.24, 2.45) is 11.3 Å². The molecule has 1 saturated heterocycles. The molecule has 0 aromatic heterocycles. The molecule has 2 heteroatoms.